The number of benzene rings is 1. The van der Waals surface area contributed by atoms with Crippen LogP contribution in [0.25, 0.3) is 10.9 Å². The Morgan fingerprint density at radius 1 is 1.33 bits per heavy atom. The van der Waals surface area contributed by atoms with E-state index >= 15 is 0 Å². The molecule has 2 aromatic rings. The second kappa shape index (κ2) is 6.59. The third-order valence-electron chi connectivity index (χ3n) is 2.12. The molecule has 0 saturated heterocycles. The van der Waals surface area contributed by atoms with Crippen LogP contribution in [0.5, 0.6) is 0 Å². The van der Waals surface area contributed by atoms with E-state index in [1.54, 1.807) is 12.3 Å². The number of fused-ring (bicyclic) bond motifs is 1. The summed E-state index contributed by atoms with van der Waals surface area (Å²) in [6.07, 6.45) is 1.36. The van der Waals surface area contributed by atoms with Gasteiger partial charge in [0, 0.05) is 6.20 Å². The summed E-state index contributed by atoms with van der Waals surface area (Å²) < 4.78 is 6.81. The van der Waals surface area contributed by atoms with Crippen LogP contribution < -0.4 is 17.0 Å². The van der Waals surface area contributed by atoms with Crippen LogP contribution in [0.4, 0.5) is 4.79 Å². The van der Waals surface area contributed by atoms with Gasteiger partial charge in [0.15, 0.2) is 0 Å². The average Bonchev–Trinajstić information content (AvgIpc) is 2.58. The molecule has 0 spiro atoms. The van der Waals surface area contributed by atoms with E-state index in [1.807, 2.05) is 39.0 Å². The van der Waals surface area contributed by atoms with Crippen molar-refractivity contribution < 1.29 is 26.5 Å². The minimum absolute atomic E-state index is 0. The predicted molar refractivity (Wildman–Crippen MR) is 68.2 cm³/mol. The maximum atomic E-state index is 11.9. The number of rotatable bonds is 0. The number of carbonyl (C=O) groups is 1. The molecule has 5 heteroatoms. The van der Waals surface area contributed by atoms with Gasteiger partial charge in [-0.15, -0.1) is 11.5 Å². The first kappa shape index (κ1) is 17.5. The van der Waals surface area contributed by atoms with Gasteiger partial charge in [0.25, 0.3) is 0 Å². The number of halogens is 1. The van der Waals surface area contributed by atoms with E-state index in [-0.39, 0.29) is 46.1 Å². The summed E-state index contributed by atoms with van der Waals surface area (Å²) in [4.78, 5) is 11.9. The molecule has 3 nitrogen and oxygen atoms in total. The van der Waals surface area contributed by atoms with Crippen LogP contribution in [-0.4, -0.2) is 39.3 Å². The second-order valence-corrected chi connectivity index (χ2v) is 4.65. The first-order chi connectivity index (χ1) is 7.47. The Morgan fingerprint density at radius 3 is 2.61 bits per heavy atom. The van der Waals surface area contributed by atoms with E-state index in [1.165, 1.54) is 4.57 Å². The first-order valence-electron chi connectivity index (χ1n) is 5.18. The van der Waals surface area contributed by atoms with Crippen molar-refractivity contribution in [2.45, 2.75) is 26.4 Å². The third-order valence-corrected chi connectivity index (χ3v) is 2.12. The van der Waals surface area contributed by atoms with Gasteiger partial charge in [-0.05, 0) is 26.3 Å². The molecule has 0 atom stereocenters. The Bertz CT molecular complexity index is 531. The van der Waals surface area contributed by atoms with Crippen molar-refractivity contribution >= 4 is 40.0 Å². The molecule has 0 bridgehead atoms. The molecule has 0 N–H and O–H groups in total. The Labute approximate surface area is 133 Å². The fraction of sp³-hybridized carbons (Fsp3) is 0.308. The Kier molecular flexibility index (Phi) is 6.40. The fourth-order valence-electron chi connectivity index (χ4n) is 1.49. The Hall–Kier alpha value is -0.524. The number of hydrogen-bond acceptors (Lipinski definition) is 2. The van der Waals surface area contributed by atoms with Crippen LogP contribution in [0.3, 0.4) is 0 Å². The first-order valence-corrected chi connectivity index (χ1v) is 5.18. The van der Waals surface area contributed by atoms with Crippen molar-refractivity contribution in [2.24, 2.45) is 0 Å². The summed E-state index contributed by atoms with van der Waals surface area (Å²) >= 11 is 0. The number of nitrogens with zero attached hydrogens (tertiary/aromatic N) is 1. The van der Waals surface area contributed by atoms with Crippen LogP contribution in [0, 0.1) is 6.07 Å². The summed E-state index contributed by atoms with van der Waals surface area (Å²) in [5.41, 5.74) is 0.363. The van der Waals surface area contributed by atoms with E-state index in [0.717, 1.165) is 10.9 Å². The molecular formula is C13H14BrMgNO2. The maximum Gasteiger partial charge on any atom is 2.00 e. The van der Waals surface area contributed by atoms with Crippen LogP contribution >= 0.6 is 0 Å². The second-order valence-electron chi connectivity index (χ2n) is 4.65. The molecule has 0 aliphatic heterocycles. The van der Waals surface area contributed by atoms with Gasteiger partial charge in [-0.1, -0.05) is 6.07 Å². The number of carbonyl (C=O) groups excluding carboxylic acids is 1. The van der Waals surface area contributed by atoms with Gasteiger partial charge >= 0.3 is 29.1 Å². The van der Waals surface area contributed by atoms with Crippen molar-refractivity contribution in [1.82, 2.24) is 4.57 Å². The van der Waals surface area contributed by atoms with Crippen molar-refractivity contribution in [3.63, 3.8) is 0 Å². The summed E-state index contributed by atoms with van der Waals surface area (Å²) in [6.45, 7) is 5.55. The Morgan fingerprint density at radius 2 is 2.00 bits per heavy atom. The van der Waals surface area contributed by atoms with Gasteiger partial charge in [0.05, 0.1) is 0 Å². The van der Waals surface area contributed by atoms with E-state index in [0.29, 0.717) is 0 Å². The summed E-state index contributed by atoms with van der Waals surface area (Å²) in [6, 6.07) is 10.3. The number of hydrogen-bond donors (Lipinski definition) is 0. The zero-order valence-corrected chi connectivity index (χ0v) is 13.7. The van der Waals surface area contributed by atoms with Gasteiger partial charge in [-0.2, -0.15) is 18.2 Å². The molecule has 0 unspecified atom stereocenters. The molecule has 2 rings (SSSR count). The predicted octanol–water partition coefficient (Wildman–Crippen LogP) is -0.152. The Balaban J connectivity index is 0.00000144. The standard InChI is InChI=1S/C13H14NO2.BrH.Mg/c1-13(2,3)16-12(15)14-9-8-10-6-4-5-7-11(10)14;;/h5-9H,1-3H3;1H;/q-1;;+2/p-1. The van der Waals surface area contributed by atoms with Crippen molar-refractivity contribution in [3.05, 3.63) is 36.5 Å². The molecule has 1 aromatic carbocycles. The summed E-state index contributed by atoms with van der Waals surface area (Å²) in [5.74, 6) is 0. The van der Waals surface area contributed by atoms with Crippen LogP contribution in [0.2, 0.25) is 0 Å². The molecule has 1 aromatic heterocycles. The van der Waals surface area contributed by atoms with E-state index in [9.17, 15) is 4.79 Å². The molecule has 0 amide bonds. The zero-order valence-electron chi connectivity index (χ0n) is 10.7. The summed E-state index contributed by atoms with van der Waals surface area (Å²) in [5, 5.41) is 0.980. The molecule has 18 heavy (non-hydrogen) atoms. The molecule has 1 heterocycles. The van der Waals surface area contributed by atoms with Gasteiger partial charge < -0.3 is 21.7 Å². The van der Waals surface area contributed by atoms with E-state index < -0.39 is 5.60 Å². The van der Waals surface area contributed by atoms with Gasteiger partial charge in [0.2, 0.25) is 0 Å². The topological polar surface area (TPSA) is 31.2 Å². The molecule has 92 valence electrons. The zero-order chi connectivity index (χ0) is 11.8. The quantitative estimate of drug-likeness (QED) is 0.499. The van der Waals surface area contributed by atoms with Crippen molar-refractivity contribution in [2.75, 3.05) is 0 Å². The minimum atomic E-state index is -0.478. The minimum Gasteiger partial charge on any atom is -1.00 e. The molecule has 0 saturated carbocycles. The largest absolute Gasteiger partial charge is 2.00 e. The van der Waals surface area contributed by atoms with Gasteiger partial charge in [0.1, 0.15) is 5.60 Å². The normalized spacial score (nSPS) is 10.4. The van der Waals surface area contributed by atoms with Crippen molar-refractivity contribution in [1.29, 1.82) is 0 Å². The third kappa shape index (κ3) is 4.00. The number of ether oxygens (including phenoxy) is 1. The van der Waals surface area contributed by atoms with Gasteiger partial charge in [-0.25, -0.2) is 4.79 Å². The van der Waals surface area contributed by atoms with Crippen molar-refractivity contribution in [3.8, 4) is 0 Å². The average molecular weight is 320 g/mol. The molecule has 0 fully saturated rings. The van der Waals surface area contributed by atoms with Crippen LogP contribution in [0.1, 0.15) is 20.8 Å². The fourth-order valence-corrected chi connectivity index (χ4v) is 1.49. The van der Waals surface area contributed by atoms with Gasteiger partial charge in [-0.3, -0.25) is 4.57 Å². The molecular weight excluding hydrogens is 306 g/mol. The molecule has 0 aliphatic rings. The summed E-state index contributed by atoms with van der Waals surface area (Å²) in [7, 11) is 0. The van der Waals surface area contributed by atoms with E-state index in [2.05, 4.69) is 6.07 Å². The van der Waals surface area contributed by atoms with E-state index in [4.69, 9.17) is 4.74 Å². The number of aromatic nitrogens is 1. The smallest absolute Gasteiger partial charge is 1.00 e. The SMILES string of the molecule is CC(C)(C)OC(=O)n1ccc2c[c-]ccc21.[Br-].[Mg+2]. The van der Waals surface area contributed by atoms with Crippen LogP contribution in [0.15, 0.2) is 30.5 Å². The molecule has 0 radical (unpaired) electrons. The van der Waals surface area contributed by atoms with Crippen LogP contribution in [-0.2, 0) is 4.74 Å². The molecule has 0 aliphatic carbocycles. The monoisotopic (exact) mass is 319 g/mol. The maximum absolute atomic E-state index is 11.9.